The van der Waals surface area contributed by atoms with Crippen LogP contribution in [-0.4, -0.2) is 44.9 Å². The molecule has 0 spiro atoms. The Labute approximate surface area is 152 Å². The molecule has 26 heavy (non-hydrogen) atoms. The molecule has 2 aliphatic heterocycles. The zero-order valence-electron chi connectivity index (χ0n) is 14.5. The molecule has 0 bridgehead atoms. The van der Waals surface area contributed by atoms with E-state index in [1.807, 2.05) is 30.3 Å². The average Bonchev–Trinajstić information content (AvgIpc) is 2.72. The summed E-state index contributed by atoms with van der Waals surface area (Å²) in [5, 5.41) is 2.92. The molecular weight excluding hydrogens is 332 g/mol. The molecule has 1 saturated heterocycles. The fraction of sp³-hybridized carbons (Fsp3) is 0.350. The fourth-order valence-electron chi connectivity index (χ4n) is 3.10. The first-order valence-electron chi connectivity index (χ1n) is 8.87. The number of hydrogen-bond donors (Lipinski definition) is 1. The van der Waals surface area contributed by atoms with Crippen molar-refractivity contribution in [2.45, 2.75) is 12.6 Å². The van der Waals surface area contributed by atoms with E-state index >= 15 is 0 Å². The van der Waals surface area contributed by atoms with E-state index in [2.05, 4.69) is 22.3 Å². The number of nitrogens with zero attached hydrogens (tertiary/aromatic N) is 1. The van der Waals surface area contributed by atoms with Crippen molar-refractivity contribution in [2.24, 2.45) is 0 Å². The molecule has 2 aromatic carbocycles. The normalized spacial score (nSPS) is 19.1. The molecule has 1 unspecified atom stereocenters. The van der Waals surface area contributed by atoms with Gasteiger partial charge in [-0.15, -0.1) is 0 Å². The predicted octanol–water partition coefficient (Wildman–Crippen LogP) is 1.98. The summed E-state index contributed by atoms with van der Waals surface area (Å²) < 4.78 is 16.7. The molecule has 136 valence electrons. The number of rotatable bonds is 4. The molecule has 0 aliphatic carbocycles. The first-order valence-corrected chi connectivity index (χ1v) is 8.87. The molecule has 2 heterocycles. The third-order valence-electron chi connectivity index (χ3n) is 4.58. The molecule has 6 heteroatoms. The second-order valence-corrected chi connectivity index (χ2v) is 6.35. The van der Waals surface area contributed by atoms with E-state index in [0.29, 0.717) is 18.0 Å². The number of carbonyl (C=O) groups is 1. The van der Waals surface area contributed by atoms with Gasteiger partial charge in [0.25, 0.3) is 5.91 Å². The Kier molecular flexibility index (Phi) is 4.93. The van der Waals surface area contributed by atoms with Gasteiger partial charge >= 0.3 is 0 Å². The molecule has 0 aromatic heterocycles. The summed E-state index contributed by atoms with van der Waals surface area (Å²) in [6.07, 6.45) is -0.627. The van der Waals surface area contributed by atoms with Crippen molar-refractivity contribution in [3.8, 4) is 11.5 Å². The number of ether oxygens (including phenoxy) is 3. The molecule has 6 nitrogen and oxygen atoms in total. The van der Waals surface area contributed by atoms with E-state index in [4.69, 9.17) is 14.2 Å². The van der Waals surface area contributed by atoms with Gasteiger partial charge in [0.05, 0.1) is 13.2 Å². The highest BCUT2D eigenvalue weighted by atomic mass is 16.6. The van der Waals surface area contributed by atoms with Gasteiger partial charge in [-0.1, -0.05) is 24.3 Å². The van der Waals surface area contributed by atoms with E-state index in [0.717, 1.165) is 31.9 Å². The van der Waals surface area contributed by atoms with Crippen molar-refractivity contribution < 1.29 is 19.0 Å². The lowest BCUT2D eigenvalue weighted by Crippen LogP contribution is -2.43. The zero-order chi connectivity index (χ0) is 17.8. The van der Waals surface area contributed by atoms with Crippen molar-refractivity contribution in [2.75, 3.05) is 37.8 Å². The van der Waals surface area contributed by atoms with E-state index in [-0.39, 0.29) is 12.5 Å². The zero-order valence-corrected chi connectivity index (χ0v) is 14.5. The summed E-state index contributed by atoms with van der Waals surface area (Å²) in [5.41, 5.74) is 2.23. The maximum Gasteiger partial charge on any atom is 0.264 e. The van der Waals surface area contributed by atoms with Crippen LogP contribution in [0.4, 0.5) is 5.69 Å². The number of anilines is 1. The molecule has 1 amide bonds. The number of hydrogen-bond acceptors (Lipinski definition) is 5. The molecule has 4 rings (SSSR count). The van der Waals surface area contributed by atoms with Crippen molar-refractivity contribution in [3.63, 3.8) is 0 Å². The Bertz CT molecular complexity index is 757. The molecule has 0 saturated carbocycles. The predicted molar refractivity (Wildman–Crippen MR) is 97.7 cm³/mol. The van der Waals surface area contributed by atoms with Crippen LogP contribution in [0, 0.1) is 0 Å². The largest absolute Gasteiger partial charge is 0.485 e. The highest BCUT2D eigenvalue weighted by Crippen LogP contribution is 2.30. The first-order chi connectivity index (χ1) is 12.8. The van der Waals surface area contributed by atoms with E-state index in [1.54, 1.807) is 6.07 Å². The number of benzene rings is 2. The number of nitrogens with one attached hydrogen (secondary N) is 1. The van der Waals surface area contributed by atoms with Crippen LogP contribution in [0.5, 0.6) is 11.5 Å². The summed E-state index contributed by atoms with van der Waals surface area (Å²) in [5.74, 6) is 1.11. The number of fused-ring (bicyclic) bond motifs is 1. The summed E-state index contributed by atoms with van der Waals surface area (Å²) in [4.78, 5) is 14.7. The van der Waals surface area contributed by atoms with Gasteiger partial charge in [-0.05, 0) is 29.8 Å². The summed E-state index contributed by atoms with van der Waals surface area (Å²) in [6.45, 7) is 4.05. The minimum atomic E-state index is -0.627. The van der Waals surface area contributed by atoms with E-state index in [9.17, 15) is 4.79 Å². The summed E-state index contributed by atoms with van der Waals surface area (Å²) >= 11 is 0. The average molecular weight is 354 g/mol. The monoisotopic (exact) mass is 354 g/mol. The standard InChI is InChI=1S/C20H22N2O4/c23-20(19-14-25-17-3-1-2-4-18(17)26-19)21-13-15-5-7-16(8-6-15)22-9-11-24-12-10-22/h1-8,19H,9-14H2,(H,21,23). The van der Waals surface area contributed by atoms with Crippen molar-refractivity contribution in [3.05, 3.63) is 54.1 Å². The molecule has 2 aromatic rings. The Morgan fingerprint density at radius 3 is 2.54 bits per heavy atom. The Balaban J connectivity index is 1.30. The fourth-order valence-corrected chi connectivity index (χ4v) is 3.10. The molecule has 1 N–H and O–H groups in total. The van der Waals surface area contributed by atoms with Crippen LogP contribution in [0.25, 0.3) is 0 Å². The van der Waals surface area contributed by atoms with Gasteiger partial charge in [-0.2, -0.15) is 0 Å². The first kappa shape index (κ1) is 16.7. The quantitative estimate of drug-likeness (QED) is 0.910. The second kappa shape index (κ2) is 7.66. The Hall–Kier alpha value is -2.73. The van der Waals surface area contributed by atoms with Crippen LogP contribution in [0.1, 0.15) is 5.56 Å². The number of para-hydroxylation sites is 2. The summed E-state index contributed by atoms with van der Waals surface area (Å²) in [7, 11) is 0. The van der Waals surface area contributed by atoms with E-state index < -0.39 is 6.10 Å². The lowest BCUT2D eigenvalue weighted by atomic mass is 10.2. The number of carbonyl (C=O) groups excluding carboxylic acids is 1. The third-order valence-corrected chi connectivity index (χ3v) is 4.58. The third kappa shape index (κ3) is 3.75. The van der Waals surface area contributed by atoms with Crippen molar-refractivity contribution >= 4 is 11.6 Å². The minimum absolute atomic E-state index is 0.170. The van der Waals surface area contributed by atoms with Gasteiger partial charge in [0.2, 0.25) is 6.10 Å². The highest BCUT2D eigenvalue weighted by Gasteiger charge is 2.26. The molecule has 1 fully saturated rings. The van der Waals surface area contributed by atoms with Crippen molar-refractivity contribution in [1.29, 1.82) is 0 Å². The van der Waals surface area contributed by atoms with Crippen LogP contribution in [0.15, 0.2) is 48.5 Å². The summed E-state index contributed by atoms with van der Waals surface area (Å²) in [6, 6.07) is 15.6. The van der Waals surface area contributed by atoms with Crippen molar-refractivity contribution in [1.82, 2.24) is 5.32 Å². The molecule has 0 radical (unpaired) electrons. The smallest absolute Gasteiger partial charge is 0.264 e. The minimum Gasteiger partial charge on any atom is -0.485 e. The molecular formula is C20H22N2O4. The lowest BCUT2D eigenvalue weighted by molar-refractivity contribution is -0.130. The molecule has 1 atom stereocenters. The van der Waals surface area contributed by atoms with Crippen LogP contribution < -0.4 is 19.7 Å². The maximum absolute atomic E-state index is 12.4. The van der Waals surface area contributed by atoms with Gasteiger partial charge in [0.15, 0.2) is 11.5 Å². The number of morpholine rings is 1. The SMILES string of the molecule is O=C(NCc1ccc(N2CCOCC2)cc1)C1COc2ccccc2O1. The van der Waals surface area contributed by atoms with Gasteiger partial charge in [-0.25, -0.2) is 0 Å². The van der Waals surface area contributed by atoms with Crippen LogP contribution >= 0.6 is 0 Å². The second-order valence-electron chi connectivity index (χ2n) is 6.35. The van der Waals surface area contributed by atoms with Gasteiger partial charge < -0.3 is 24.4 Å². The Morgan fingerprint density at radius 2 is 1.77 bits per heavy atom. The van der Waals surface area contributed by atoms with Crippen LogP contribution in [-0.2, 0) is 16.1 Å². The van der Waals surface area contributed by atoms with Crippen LogP contribution in [0.3, 0.4) is 0 Å². The van der Waals surface area contributed by atoms with E-state index in [1.165, 1.54) is 5.69 Å². The van der Waals surface area contributed by atoms with Gasteiger partial charge in [0.1, 0.15) is 6.61 Å². The highest BCUT2D eigenvalue weighted by molar-refractivity contribution is 5.81. The van der Waals surface area contributed by atoms with Crippen LogP contribution in [0.2, 0.25) is 0 Å². The Morgan fingerprint density at radius 1 is 1.04 bits per heavy atom. The lowest BCUT2D eigenvalue weighted by Gasteiger charge is -2.29. The topological polar surface area (TPSA) is 60.0 Å². The van der Waals surface area contributed by atoms with Gasteiger partial charge in [-0.3, -0.25) is 4.79 Å². The maximum atomic E-state index is 12.4. The number of amides is 1. The van der Waals surface area contributed by atoms with Gasteiger partial charge in [0, 0.05) is 25.3 Å². The molecule has 2 aliphatic rings.